The average molecular weight is 279 g/mol. The maximum atomic E-state index is 11.9. The molecule has 0 fully saturated rings. The molecule has 0 saturated heterocycles. The first kappa shape index (κ1) is 13.1. The Kier molecular flexibility index (Phi) is 4.40. The molecule has 0 bridgehead atoms. The number of carbonyl (C=O) groups excluding carboxylic acids is 1. The quantitative estimate of drug-likeness (QED) is 0.813. The topological polar surface area (TPSA) is 17.1 Å². The molecule has 0 aliphatic carbocycles. The Labute approximate surface area is 116 Å². The van der Waals surface area contributed by atoms with Crippen LogP contribution in [0, 0.1) is 0 Å². The standard InChI is InChI=1S/C15H12Cl2O/c16-14-7-6-12(10-15(14)17)9-13(18)8-11-4-2-1-3-5-11/h1-7,10H,8-9H2. The van der Waals surface area contributed by atoms with Crippen LogP contribution in [0.1, 0.15) is 11.1 Å². The third kappa shape index (κ3) is 3.59. The van der Waals surface area contributed by atoms with Crippen molar-refractivity contribution in [2.24, 2.45) is 0 Å². The van der Waals surface area contributed by atoms with Crippen molar-refractivity contribution < 1.29 is 4.79 Å². The molecule has 0 aliphatic heterocycles. The highest BCUT2D eigenvalue weighted by Crippen LogP contribution is 2.23. The molecule has 0 N–H and O–H groups in total. The summed E-state index contributed by atoms with van der Waals surface area (Å²) in [5.74, 6) is 0.166. The lowest BCUT2D eigenvalue weighted by molar-refractivity contribution is -0.117. The van der Waals surface area contributed by atoms with Gasteiger partial charge in [-0.2, -0.15) is 0 Å². The van der Waals surface area contributed by atoms with E-state index in [4.69, 9.17) is 23.2 Å². The molecule has 0 unspecified atom stereocenters. The SMILES string of the molecule is O=C(Cc1ccccc1)Cc1ccc(Cl)c(Cl)c1. The summed E-state index contributed by atoms with van der Waals surface area (Å²) in [4.78, 5) is 11.9. The molecule has 1 nitrogen and oxygen atoms in total. The number of hydrogen-bond acceptors (Lipinski definition) is 1. The number of halogens is 2. The van der Waals surface area contributed by atoms with Gasteiger partial charge in [-0.05, 0) is 23.3 Å². The first-order valence-electron chi connectivity index (χ1n) is 5.65. The minimum Gasteiger partial charge on any atom is -0.299 e. The zero-order valence-corrected chi connectivity index (χ0v) is 11.2. The average Bonchev–Trinajstić information content (AvgIpc) is 2.35. The molecule has 0 saturated carbocycles. The van der Waals surface area contributed by atoms with Crippen molar-refractivity contribution in [2.75, 3.05) is 0 Å². The van der Waals surface area contributed by atoms with Crippen LogP contribution in [0.5, 0.6) is 0 Å². The predicted molar refractivity (Wildman–Crippen MR) is 75.3 cm³/mol. The summed E-state index contributed by atoms with van der Waals surface area (Å²) in [7, 11) is 0. The van der Waals surface area contributed by atoms with E-state index in [1.165, 1.54) is 0 Å². The van der Waals surface area contributed by atoms with Crippen molar-refractivity contribution >= 4 is 29.0 Å². The Hall–Kier alpha value is -1.31. The summed E-state index contributed by atoms with van der Waals surface area (Å²) in [5, 5.41) is 0.998. The van der Waals surface area contributed by atoms with Gasteiger partial charge < -0.3 is 0 Å². The fraction of sp³-hybridized carbons (Fsp3) is 0.133. The summed E-state index contributed by atoms with van der Waals surface area (Å²) in [6.45, 7) is 0. The van der Waals surface area contributed by atoms with Crippen LogP contribution in [0.3, 0.4) is 0 Å². The van der Waals surface area contributed by atoms with E-state index in [1.807, 2.05) is 36.4 Å². The second-order valence-corrected chi connectivity index (χ2v) is 4.94. The minimum atomic E-state index is 0.166. The first-order valence-corrected chi connectivity index (χ1v) is 6.40. The van der Waals surface area contributed by atoms with Gasteiger partial charge in [-0.25, -0.2) is 0 Å². The van der Waals surface area contributed by atoms with E-state index in [2.05, 4.69) is 0 Å². The Bertz CT molecular complexity index is 550. The van der Waals surface area contributed by atoms with Gasteiger partial charge in [0.1, 0.15) is 5.78 Å². The van der Waals surface area contributed by atoms with Crippen molar-refractivity contribution in [2.45, 2.75) is 12.8 Å². The molecule has 0 aliphatic rings. The van der Waals surface area contributed by atoms with Gasteiger partial charge in [0.25, 0.3) is 0 Å². The van der Waals surface area contributed by atoms with E-state index in [-0.39, 0.29) is 5.78 Å². The molecular formula is C15H12Cl2O. The number of carbonyl (C=O) groups is 1. The second-order valence-electron chi connectivity index (χ2n) is 4.13. The number of benzene rings is 2. The summed E-state index contributed by atoms with van der Waals surface area (Å²) in [6, 6.07) is 15.0. The van der Waals surface area contributed by atoms with Gasteiger partial charge in [-0.3, -0.25) is 4.79 Å². The molecule has 92 valence electrons. The van der Waals surface area contributed by atoms with Crippen LogP contribution in [0.2, 0.25) is 10.0 Å². The fourth-order valence-corrected chi connectivity index (χ4v) is 2.08. The highest BCUT2D eigenvalue weighted by molar-refractivity contribution is 6.42. The summed E-state index contributed by atoms with van der Waals surface area (Å²) in [6.07, 6.45) is 0.826. The van der Waals surface area contributed by atoms with Gasteiger partial charge in [0, 0.05) is 12.8 Å². The van der Waals surface area contributed by atoms with E-state index >= 15 is 0 Å². The Morgan fingerprint density at radius 3 is 2.17 bits per heavy atom. The van der Waals surface area contributed by atoms with E-state index < -0.39 is 0 Å². The van der Waals surface area contributed by atoms with Crippen LogP contribution < -0.4 is 0 Å². The van der Waals surface area contributed by atoms with Gasteiger partial charge in [-0.15, -0.1) is 0 Å². The van der Waals surface area contributed by atoms with Crippen molar-refractivity contribution in [3.05, 3.63) is 69.7 Å². The van der Waals surface area contributed by atoms with Crippen LogP contribution >= 0.6 is 23.2 Å². The van der Waals surface area contributed by atoms with Gasteiger partial charge in [0.05, 0.1) is 10.0 Å². The molecule has 18 heavy (non-hydrogen) atoms. The predicted octanol–water partition coefficient (Wildman–Crippen LogP) is 4.35. The van der Waals surface area contributed by atoms with Gasteiger partial charge in [0.15, 0.2) is 0 Å². The molecular weight excluding hydrogens is 267 g/mol. The van der Waals surface area contributed by atoms with E-state index in [1.54, 1.807) is 12.1 Å². The van der Waals surface area contributed by atoms with Crippen molar-refractivity contribution in [3.8, 4) is 0 Å². The minimum absolute atomic E-state index is 0.166. The summed E-state index contributed by atoms with van der Waals surface area (Å²) < 4.78 is 0. The van der Waals surface area contributed by atoms with Gasteiger partial charge in [0.2, 0.25) is 0 Å². The van der Waals surface area contributed by atoms with Crippen molar-refractivity contribution in [1.29, 1.82) is 0 Å². The van der Waals surface area contributed by atoms with Crippen LogP contribution in [0.15, 0.2) is 48.5 Å². The molecule has 0 spiro atoms. The van der Waals surface area contributed by atoms with Crippen molar-refractivity contribution in [3.63, 3.8) is 0 Å². The second kappa shape index (κ2) is 6.03. The lowest BCUT2D eigenvalue weighted by atomic mass is 10.0. The Morgan fingerprint density at radius 2 is 1.50 bits per heavy atom. The number of hydrogen-bond donors (Lipinski definition) is 0. The molecule has 2 rings (SSSR count). The smallest absolute Gasteiger partial charge is 0.141 e. The molecule has 0 amide bonds. The third-order valence-corrected chi connectivity index (χ3v) is 3.37. The molecule has 2 aromatic carbocycles. The largest absolute Gasteiger partial charge is 0.299 e. The first-order chi connectivity index (χ1) is 8.65. The van der Waals surface area contributed by atoms with Crippen LogP contribution in [0.4, 0.5) is 0 Å². The summed E-state index contributed by atoms with van der Waals surface area (Å²) in [5.41, 5.74) is 1.92. The van der Waals surface area contributed by atoms with Crippen LogP contribution in [-0.4, -0.2) is 5.78 Å². The van der Waals surface area contributed by atoms with Crippen molar-refractivity contribution in [1.82, 2.24) is 0 Å². The number of Topliss-reactive ketones (excluding diaryl/α,β-unsaturated/α-hetero) is 1. The Morgan fingerprint density at radius 1 is 0.833 bits per heavy atom. The number of ketones is 1. The number of rotatable bonds is 4. The monoisotopic (exact) mass is 278 g/mol. The maximum absolute atomic E-state index is 11.9. The van der Waals surface area contributed by atoms with Crippen LogP contribution in [-0.2, 0) is 17.6 Å². The zero-order valence-electron chi connectivity index (χ0n) is 9.70. The van der Waals surface area contributed by atoms with E-state index in [0.717, 1.165) is 11.1 Å². The molecule has 3 heteroatoms. The molecule has 2 aromatic rings. The highest BCUT2D eigenvalue weighted by Gasteiger charge is 2.06. The van der Waals surface area contributed by atoms with Gasteiger partial charge >= 0.3 is 0 Å². The van der Waals surface area contributed by atoms with E-state index in [0.29, 0.717) is 22.9 Å². The molecule has 0 heterocycles. The van der Waals surface area contributed by atoms with E-state index in [9.17, 15) is 4.79 Å². The van der Waals surface area contributed by atoms with Gasteiger partial charge in [-0.1, -0.05) is 59.6 Å². The highest BCUT2D eigenvalue weighted by atomic mass is 35.5. The molecule has 0 atom stereocenters. The lowest BCUT2D eigenvalue weighted by Crippen LogP contribution is -2.06. The lowest BCUT2D eigenvalue weighted by Gasteiger charge is -2.03. The summed E-state index contributed by atoms with van der Waals surface area (Å²) >= 11 is 11.7. The normalized spacial score (nSPS) is 10.3. The zero-order chi connectivity index (χ0) is 13.0. The third-order valence-electron chi connectivity index (χ3n) is 2.63. The van der Waals surface area contributed by atoms with Crippen LogP contribution in [0.25, 0.3) is 0 Å². The molecule has 0 radical (unpaired) electrons. The maximum Gasteiger partial charge on any atom is 0.141 e. The molecule has 0 aromatic heterocycles. The fourth-order valence-electron chi connectivity index (χ4n) is 1.76. The Balaban J connectivity index is 2.01.